The molecule has 1 amide bonds. The molecule has 0 spiro atoms. The van der Waals surface area contributed by atoms with E-state index in [0.717, 1.165) is 57.8 Å². The SMILES string of the molecule is CCCCCCC/C=C\CCCCCCCC(=O)NC(COP(=O)([O-])OCC[N+](C)(C)C)C(O)/C=C/CC/C=C/CCCCCCCCCCCCCCCCCCCCCCC. The summed E-state index contributed by atoms with van der Waals surface area (Å²) in [6.07, 6.45) is 58.0. The Balaban J connectivity index is 4.24. The number of unbranched alkanes of at least 4 members (excludes halogenated alkanes) is 32. The standard InChI is InChI=1S/C54H105N2O6P/c1-6-8-10-12-14-16-18-20-22-23-24-25-26-27-28-29-30-31-32-33-34-35-37-39-41-43-45-47-53(57)52(51-62-63(59,60)61-50-49-56(3,4)5)55-54(58)48-46-44-42-40-38-36-21-19-17-15-13-11-9-7-2/h19,21,37,39,45,47,52-53,57H,6-18,20,22-36,38,40-44,46,48-51H2,1-5H3,(H-,55,58,59,60)/b21-19-,39-37+,47-45+. The second-order valence-electron chi connectivity index (χ2n) is 19.6. The van der Waals surface area contributed by atoms with Crippen LogP contribution in [0.15, 0.2) is 36.5 Å². The molecule has 3 unspecified atom stereocenters. The Labute approximate surface area is 391 Å². The molecule has 0 heterocycles. The molecule has 0 saturated heterocycles. The van der Waals surface area contributed by atoms with Crippen molar-refractivity contribution in [3.63, 3.8) is 0 Å². The average molecular weight is 909 g/mol. The summed E-state index contributed by atoms with van der Waals surface area (Å²) in [5.74, 6) is -0.215. The number of rotatable bonds is 49. The van der Waals surface area contributed by atoms with Crippen molar-refractivity contribution in [3.8, 4) is 0 Å². The first-order chi connectivity index (χ1) is 30.5. The van der Waals surface area contributed by atoms with Crippen molar-refractivity contribution in [2.45, 2.75) is 264 Å². The number of nitrogens with one attached hydrogen (secondary N) is 1. The maximum atomic E-state index is 12.9. The zero-order chi connectivity index (χ0) is 46.4. The Morgan fingerprint density at radius 1 is 0.540 bits per heavy atom. The maximum Gasteiger partial charge on any atom is 0.268 e. The van der Waals surface area contributed by atoms with Gasteiger partial charge in [0.05, 0.1) is 39.9 Å². The van der Waals surface area contributed by atoms with Gasteiger partial charge in [-0.05, 0) is 57.8 Å². The van der Waals surface area contributed by atoms with Gasteiger partial charge in [-0.15, -0.1) is 0 Å². The Kier molecular flexibility index (Phi) is 44.9. The summed E-state index contributed by atoms with van der Waals surface area (Å²) in [7, 11) is 1.24. The van der Waals surface area contributed by atoms with Crippen molar-refractivity contribution in [1.29, 1.82) is 0 Å². The maximum absolute atomic E-state index is 12.9. The van der Waals surface area contributed by atoms with E-state index in [1.807, 2.05) is 27.2 Å². The number of carbonyl (C=O) groups is 1. The molecule has 0 radical (unpaired) electrons. The van der Waals surface area contributed by atoms with Crippen LogP contribution in [-0.4, -0.2) is 68.5 Å². The molecule has 0 fully saturated rings. The highest BCUT2D eigenvalue weighted by atomic mass is 31.2. The van der Waals surface area contributed by atoms with Crippen LogP contribution in [-0.2, 0) is 18.4 Å². The van der Waals surface area contributed by atoms with Gasteiger partial charge in [-0.3, -0.25) is 9.36 Å². The molecule has 0 aliphatic carbocycles. The van der Waals surface area contributed by atoms with Crippen molar-refractivity contribution in [2.24, 2.45) is 0 Å². The fraction of sp³-hybridized carbons (Fsp3) is 0.870. The number of aliphatic hydroxyl groups is 1. The zero-order valence-electron chi connectivity index (χ0n) is 42.3. The highest BCUT2D eigenvalue weighted by molar-refractivity contribution is 7.45. The normalized spacial score (nSPS) is 14.3. The minimum Gasteiger partial charge on any atom is -0.756 e. The lowest BCUT2D eigenvalue weighted by molar-refractivity contribution is -0.870. The van der Waals surface area contributed by atoms with Crippen LogP contribution in [0.4, 0.5) is 0 Å². The second-order valence-corrected chi connectivity index (χ2v) is 21.0. The number of likely N-dealkylation sites (N-methyl/N-ethyl adjacent to an activating group) is 1. The first-order valence-electron chi connectivity index (χ1n) is 26.9. The van der Waals surface area contributed by atoms with Gasteiger partial charge in [-0.25, -0.2) is 0 Å². The van der Waals surface area contributed by atoms with Crippen LogP contribution in [0.25, 0.3) is 0 Å². The van der Waals surface area contributed by atoms with E-state index in [0.29, 0.717) is 17.4 Å². The van der Waals surface area contributed by atoms with Gasteiger partial charge in [0.2, 0.25) is 5.91 Å². The molecule has 0 aliphatic rings. The lowest BCUT2D eigenvalue weighted by Crippen LogP contribution is -2.45. The highest BCUT2D eigenvalue weighted by Gasteiger charge is 2.23. The van der Waals surface area contributed by atoms with Gasteiger partial charge in [-0.2, -0.15) is 0 Å². The summed E-state index contributed by atoms with van der Waals surface area (Å²) in [5.41, 5.74) is 0. The van der Waals surface area contributed by atoms with Crippen molar-refractivity contribution >= 4 is 13.7 Å². The van der Waals surface area contributed by atoms with E-state index >= 15 is 0 Å². The molecule has 8 nitrogen and oxygen atoms in total. The number of nitrogens with zero attached hydrogens (tertiary/aromatic N) is 1. The van der Waals surface area contributed by atoms with Crippen LogP contribution >= 0.6 is 7.82 Å². The lowest BCUT2D eigenvalue weighted by atomic mass is 10.0. The first kappa shape index (κ1) is 61.7. The molecular formula is C54H105N2O6P. The minimum absolute atomic E-state index is 0.00764. The number of phosphoric acid groups is 1. The van der Waals surface area contributed by atoms with Crippen molar-refractivity contribution in [2.75, 3.05) is 40.9 Å². The van der Waals surface area contributed by atoms with E-state index in [4.69, 9.17) is 9.05 Å². The van der Waals surface area contributed by atoms with Gasteiger partial charge in [0, 0.05) is 6.42 Å². The average Bonchev–Trinajstić information content (AvgIpc) is 3.24. The Morgan fingerprint density at radius 2 is 0.889 bits per heavy atom. The summed E-state index contributed by atoms with van der Waals surface area (Å²) < 4.78 is 23.3. The number of carbonyl (C=O) groups excluding carboxylic acids is 1. The van der Waals surface area contributed by atoms with Gasteiger partial charge in [0.15, 0.2) is 0 Å². The van der Waals surface area contributed by atoms with Crippen LogP contribution in [0.1, 0.15) is 251 Å². The fourth-order valence-electron chi connectivity index (χ4n) is 7.81. The molecule has 0 aromatic rings. The molecular weight excluding hydrogens is 804 g/mol. The molecule has 0 bridgehead atoms. The third-order valence-electron chi connectivity index (χ3n) is 12.1. The Morgan fingerprint density at radius 3 is 1.29 bits per heavy atom. The van der Waals surface area contributed by atoms with Crippen molar-refractivity contribution < 1.29 is 32.9 Å². The van der Waals surface area contributed by atoms with Gasteiger partial charge < -0.3 is 28.8 Å². The molecule has 372 valence electrons. The quantitative estimate of drug-likeness (QED) is 0.0272. The van der Waals surface area contributed by atoms with E-state index in [2.05, 4.69) is 43.5 Å². The molecule has 9 heteroatoms. The van der Waals surface area contributed by atoms with Crippen molar-refractivity contribution in [1.82, 2.24) is 5.32 Å². The molecule has 0 saturated carbocycles. The molecule has 3 atom stereocenters. The topological polar surface area (TPSA) is 108 Å². The largest absolute Gasteiger partial charge is 0.756 e. The number of allylic oxidation sites excluding steroid dienone is 5. The molecule has 0 aromatic carbocycles. The van der Waals surface area contributed by atoms with Crippen LogP contribution < -0.4 is 10.2 Å². The number of aliphatic hydroxyl groups excluding tert-OH is 1. The monoisotopic (exact) mass is 909 g/mol. The number of amides is 1. The number of quaternary nitrogens is 1. The summed E-state index contributed by atoms with van der Waals surface area (Å²) in [4.78, 5) is 25.4. The summed E-state index contributed by atoms with van der Waals surface area (Å²) in [5, 5.41) is 13.8. The summed E-state index contributed by atoms with van der Waals surface area (Å²) >= 11 is 0. The predicted octanol–water partition coefficient (Wildman–Crippen LogP) is 15.2. The Hall–Kier alpha value is -1.28. The fourth-order valence-corrected chi connectivity index (χ4v) is 8.53. The minimum atomic E-state index is -4.60. The zero-order valence-corrected chi connectivity index (χ0v) is 43.2. The van der Waals surface area contributed by atoms with Crippen molar-refractivity contribution in [3.05, 3.63) is 36.5 Å². The first-order valence-corrected chi connectivity index (χ1v) is 28.3. The Bertz CT molecular complexity index is 1120. The van der Waals surface area contributed by atoms with Gasteiger partial charge in [0.25, 0.3) is 7.82 Å². The summed E-state index contributed by atoms with van der Waals surface area (Å²) in [6.45, 7) is 4.63. The molecule has 0 rings (SSSR count). The lowest BCUT2D eigenvalue weighted by Gasteiger charge is -2.29. The highest BCUT2D eigenvalue weighted by Crippen LogP contribution is 2.38. The van der Waals surface area contributed by atoms with E-state index in [9.17, 15) is 19.4 Å². The number of hydrogen-bond donors (Lipinski definition) is 2. The molecule has 0 aliphatic heterocycles. The van der Waals surface area contributed by atoms with E-state index in [1.165, 1.54) is 173 Å². The van der Waals surface area contributed by atoms with E-state index in [-0.39, 0.29) is 12.5 Å². The third-order valence-corrected chi connectivity index (χ3v) is 13.0. The predicted molar refractivity (Wildman–Crippen MR) is 270 cm³/mol. The van der Waals surface area contributed by atoms with Crippen LogP contribution in [0, 0.1) is 0 Å². The van der Waals surface area contributed by atoms with Gasteiger partial charge in [0.1, 0.15) is 13.2 Å². The number of phosphoric ester groups is 1. The molecule has 63 heavy (non-hydrogen) atoms. The van der Waals surface area contributed by atoms with Gasteiger partial charge >= 0.3 is 0 Å². The van der Waals surface area contributed by atoms with E-state index in [1.54, 1.807) is 6.08 Å². The molecule has 2 N–H and O–H groups in total. The second kappa shape index (κ2) is 45.9. The van der Waals surface area contributed by atoms with Crippen LogP contribution in [0.3, 0.4) is 0 Å². The molecule has 0 aromatic heterocycles. The summed E-state index contributed by atoms with van der Waals surface area (Å²) in [6, 6.07) is -0.906. The number of hydrogen-bond acceptors (Lipinski definition) is 6. The van der Waals surface area contributed by atoms with Crippen LogP contribution in [0.2, 0.25) is 0 Å². The van der Waals surface area contributed by atoms with E-state index < -0.39 is 26.6 Å². The van der Waals surface area contributed by atoms with Crippen LogP contribution in [0.5, 0.6) is 0 Å². The third kappa shape index (κ3) is 48.5. The van der Waals surface area contributed by atoms with Gasteiger partial charge in [-0.1, -0.05) is 224 Å². The smallest absolute Gasteiger partial charge is 0.268 e.